The molecule has 0 aliphatic heterocycles. The van der Waals surface area contributed by atoms with Crippen LogP contribution in [0.15, 0.2) is 0 Å². The second-order valence-electron chi connectivity index (χ2n) is 2.60. The number of thioether (sulfide) groups is 1. The molecule has 0 radical (unpaired) electrons. The largest absolute Gasteiger partial charge is 0.466 e. The fourth-order valence-corrected chi connectivity index (χ4v) is 0.284. The lowest BCUT2D eigenvalue weighted by Crippen LogP contribution is -2.05. The van der Waals surface area contributed by atoms with Gasteiger partial charge in [0.2, 0.25) is 0 Å². The van der Waals surface area contributed by atoms with Crippen molar-refractivity contribution < 1.29 is 9.53 Å². The molecule has 0 amide bonds. The van der Waals surface area contributed by atoms with Crippen molar-refractivity contribution in [2.24, 2.45) is 5.92 Å². The molecule has 0 aliphatic carbocycles. The van der Waals surface area contributed by atoms with Gasteiger partial charge in [-0.25, -0.2) is 0 Å². The summed E-state index contributed by atoms with van der Waals surface area (Å²) in [4.78, 5) is 10.1. The third-order valence-electron chi connectivity index (χ3n) is 0.620. The monoisotopic (exact) mass is 178 g/mol. The molecule has 0 fully saturated rings. The molecule has 0 unspecified atom stereocenters. The van der Waals surface area contributed by atoms with Gasteiger partial charge in [0.1, 0.15) is 0 Å². The Balaban J connectivity index is 0. The van der Waals surface area contributed by atoms with Crippen LogP contribution in [0, 0.1) is 5.92 Å². The first kappa shape index (κ1) is 13.4. The standard InChI is InChI=1S/C6H12O2.C2H6S/c1-5(2)4-8-6(3)7;1-3-2/h5H,4H2,1-3H3;1-2H3. The number of carbonyl (C=O) groups is 1. The summed E-state index contributed by atoms with van der Waals surface area (Å²) >= 11 is 1.75. The van der Waals surface area contributed by atoms with Crippen LogP contribution in [0.4, 0.5) is 0 Å². The van der Waals surface area contributed by atoms with Gasteiger partial charge in [-0.2, -0.15) is 11.8 Å². The van der Waals surface area contributed by atoms with Crippen LogP contribution in [0.5, 0.6) is 0 Å². The summed E-state index contributed by atoms with van der Waals surface area (Å²) in [5, 5.41) is 0. The zero-order chi connectivity index (χ0) is 9.28. The minimum absolute atomic E-state index is 0.196. The number of rotatable bonds is 2. The van der Waals surface area contributed by atoms with Gasteiger partial charge in [0.25, 0.3) is 0 Å². The molecule has 0 N–H and O–H groups in total. The Morgan fingerprint density at radius 2 is 1.82 bits per heavy atom. The second kappa shape index (κ2) is 9.82. The van der Waals surface area contributed by atoms with Crippen molar-refractivity contribution in [2.45, 2.75) is 20.8 Å². The maximum atomic E-state index is 10.1. The first-order valence-corrected chi connectivity index (χ1v) is 5.21. The summed E-state index contributed by atoms with van der Waals surface area (Å²) in [5.74, 6) is 0.248. The van der Waals surface area contributed by atoms with E-state index >= 15 is 0 Å². The Bertz CT molecular complexity index is 92.1. The van der Waals surface area contributed by atoms with Crippen molar-refractivity contribution in [3.63, 3.8) is 0 Å². The van der Waals surface area contributed by atoms with Crippen LogP contribution in [-0.2, 0) is 9.53 Å². The predicted molar refractivity (Wildman–Crippen MR) is 50.9 cm³/mol. The van der Waals surface area contributed by atoms with Crippen molar-refractivity contribution in [3.05, 3.63) is 0 Å². The minimum Gasteiger partial charge on any atom is -0.466 e. The van der Waals surface area contributed by atoms with E-state index in [2.05, 4.69) is 4.74 Å². The van der Waals surface area contributed by atoms with E-state index in [-0.39, 0.29) is 5.97 Å². The first-order valence-electron chi connectivity index (χ1n) is 3.58. The molecule has 0 spiro atoms. The maximum Gasteiger partial charge on any atom is 0.302 e. The number of carbonyl (C=O) groups excluding carboxylic acids is 1. The molecule has 0 bridgehead atoms. The molecule has 0 aromatic rings. The van der Waals surface area contributed by atoms with Crippen molar-refractivity contribution in [2.75, 3.05) is 19.1 Å². The molecular weight excluding hydrogens is 160 g/mol. The van der Waals surface area contributed by atoms with Gasteiger partial charge in [-0.1, -0.05) is 13.8 Å². The fourth-order valence-electron chi connectivity index (χ4n) is 0.284. The molecule has 0 saturated heterocycles. The van der Waals surface area contributed by atoms with E-state index in [9.17, 15) is 4.79 Å². The quantitative estimate of drug-likeness (QED) is 0.606. The Labute approximate surface area is 73.7 Å². The highest BCUT2D eigenvalue weighted by molar-refractivity contribution is 7.97. The Hall–Kier alpha value is -0.180. The number of hydrogen-bond acceptors (Lipinski definition) is 3. The molecule has 0 atom stereocenters. The predicted octanol–water partition coefficient (Wildman–Crippen LogP) is 2.18. The zero-order valence-corrected chi connectivity index (χ0v) is 8.83. The SMILES string of the molecule is CC(=O)OCC(C)C.CSC. The number of hydrogen-bond donors (Lipinski definition) is 0. The average molecular weight is 178 g/mol. The second-order valence-corrected chi connectivity index (χ2v) is 3.42. The van der Waals surface area contributed by atoms with Gasteiger partial charge >= 0.3 is 5.97 Å². The normalized spacial score (nSPS) is 8.55. The third-order valence-corrected chi connectivity index (χ3v) is 0.620. The van der Waals surface area contributed by atoms with Crippen molar-refractivity contribution in [1.82, 2.24) is 0 Å². The van der Waals surface area contributed by atoms with Crippen LogP contribution >= 0.6 is 11.8 Å². The van der Waals surface area contributed by atoms with E-state index in [1.54, 1.807) is 11.8 Å². The number of ether oxygens (including phenoxy) is 1. The van der Waals surface area contributed by atoms with Crippen molar-refractivity contribution >= 4 is 17.7 Å². The summed E-state index contributed by atoms with van der Waals surface area (Å²) in [6.07, 6.45) is 4.08. The lowest BCUT2D eigenvalue weighted by atomic mass is 10.2. The van der Waals surface area contributed by atoms with Crippen molar-refractivity contribution in [1.29, 1.82) is 0 Å². The molecule has 11 heavy (non-hydrogen) atoms. The molecule has 0 aromatic carbocycles. The molecule has 0 aliphatic rings. The fraction of sp³-hybridized carbons (Fsp3) is 0.875. The molecule has 3 heteroatoms. The Morgan fingerprint density at radius 3 is 1.91 bits per heavy atom. The zero-order valence-electron chi connectivity index (χ0n) is 8.01. The van der Waals surface area contributed by atoms with Crippen LogP contribution in [0.1, 0.15) is 20.8 Å². The van der Waals surface area contributed by atoms with Gasteiger partial charge in [0.15, 0.2) is 0 Å². The molecule has 0 rings (SSSR count). The molecule has 0 aromatic heterocycles. The number of esters is 1. The van der Waals surface area contributed by atoms with Gasteiger partial charge < -0.3 is 4.74 Å². The van der Waals surface area contributed by atoms with Crippen LogP contribution < -0.4 is 0 Å². The smallest absolute Gasteiger partial charge is 0.302 e. The van der Waals surface area contributed by atoms with Gasteiger partial charge in [0.05, 0.1) is 6.61 Å². The lowest BCUT2D eigenvalue weighted by Gasteiger charge is -2.02. The van der Waals surface area contributed by atoms with Crippen LogP contribution in [0.25, 0.3) is 0 Å². The van der Waals surface area contributed by atoms with Gasteiger partial charge in [-0.15, -0.1) is 0 Å². The third kappa shape index (κ3) is 25.8. The van der Waals surface area contributed by atoms with Gasteiger partial charge in [0, 0.05) is 6.92 Å². The molecule has 0 heterocycles. The van der Waals surface area contributed by atoms with E-state index in [0.29, 0.717) is 12.5 Å². The summed E-state index contributed by atoms with van der Waals surface area (Å²) in [5.41, 5.74) is 0. The lowest BCUT2D eigenvalue weighted by molar-refractivity contribution is -0.141. The highest BCUT2D eigenvalue weighted by Gasteiger charge is 1.94. The van der Waals surface area contributed by atoms with E-state index in [1.807, 2.05) is 26.4 Å². The van der Waals surface area contributed by atoms with Gasteiger partial charge in [-0.3, -0.25) is 4.79 Å². The summed E-state index contributed by atoms with van der Waals surface area (Å²) in [6, 6.07) is 0. The summed E-state index contributed by atoms with van der Waals surface area (Å²) in [7, 11) is 0. The van der Waals surface area contributed by atoms with Gasteiger partial charge in [-0.05, 0) is 18.4 Å². The van der Waals surface area contributed by atoms with E-state index < -0.39 is 0 Å². The molecule has 68 valence electrons. The summed E-state index contributed by atoms with van der Waals surface area (Å²) in [6.45, 7) is 5.96. The Kier molecular flexibility index (Phi) is 12.0. The summed E-state index contributed by atoms with van der Waals surface area (Å²) < 4.78 is 4.66. The topological polar surface area (TPSA) is 26.3 Å². The highest BCUT2D eigenvalue weighted by atomic mass is 32.2. The highest BCUT2D eigenvalue weighted by Crippen LogP contribution is 1.91. The van der Waals surface area contributed by atoms with Crippen LogP contribution in [-0.4, -0.2) is 25.1 Å². The average Bonchev–Trinajstić information content (AvgIpc) is 1.85. The minimum atomic E-state index is -0.196. The molecular formula is C8H18O2S. The maximum absolute atomic E-state index is 10.1. The van der Waals surface area contributed by atoms with Crippen molar-refractivity contribution in [3.8, 4) is 0 Å². The molecule has 0 saturated carbocycles. The van der Waals surface area contributed by atoms with Crippen LogP contribution in [0.2, 0.25) is 0 Å². The van der Waals surface area contributed by atoms with E-state index in [4.69, 9.17) is 0 Å². The van der Waals surface area contributed by atoms with E-state index in [0.717, 1.165) is 0 Å². The van der Waals surface area contributed by atoms with E-state index in [1.165, 1.54) is 6.92 Å². The molecule has 2 nitrogen and oxygen atoms in total. The van der Waals surface area contributed by atoms with Crippen LogP contribution in [0.3, 0.4) is 0 Å². The Morgan fingerprint density at radius 1 is 1.45 bits per heavy atom. The first-order chi connectivity index (χ1) is 5.04.